The van der Waals surface area contributed by atoms with Crippen molar-refractivity contribution in [3.8, 4) is 0 Å². The maximum Gasteiger partial charge on any atom is 0.259 e. The second-order valence-corrected chi connectivity index (χ2v) is 4.97. The van der Waals surface area contributed by atoms with Crippen LogP contribution in [-0.4, -0.2) is 24.6 Å². The Morgan fingerprint density at radius 2 is 1.74 bits per heavy atom. The standard InChI is InChI=1S/C16H13ClFN3O2/c17-13-5-3-12(4-6-13)16(23)19-10-15(22)21-20-9-11-1-7-14(18)8-2-11/h1-9H,10H2,(H,19,23)(H,21,22)/b20-9-. The topological polar surface area (TPSA) is 70.6 Å². The number of hydrogen-bond acceptors (Lipinski definition) is 3. The minimum Gasteiger partial charge on any atom is -0.343 e. The van der Waals surface area contributed by atoms with Gasteiger partial charge < -0.3 is 5.32 Å². The van der Waals surface area contributed by atoms with E-state index in [1.807, 2.05) is 0 Å². The van der Waals surface area contributed by atoms with Crippen LogP contribution in [0, 0.1) is 5.82 Å². The molecule has 23 heavy (non-hydrogen) atoms. The monoisotopic (exact) mass is 333 g/mol. The molecular formula is C16H13ClFN3O2. The summed E-state index contributed by atoms with van der Waals surface area (Å²) in [4.78, 5) is 23.3. The number of nitrogens with zero attached hydrogens (tertiary/aromatic N) is 1. The zero-order valence-corrected chi connectivity index (χ0v) is 12.7. The fourth-order valence-electron chi connectivity index (χ4n) is 1.63. The second-order valence-electron chi connectivity index (χ2n) is 4.53. The third-order valence-electron chi connectivity index (χ3n) is 2.79. The van der Waals surface area contributed by atoms with E-state index in [-0.39, 0.29) is 18.3 Å². The first-order chi connectivity index (χ1) is 11.0. The maximum atomic E-state index is 12.7. The molecule has 0 saturated heterocycles. The number of hydrogen-bond donors (Lipinski definition) is 2. The Kier molecular flexibility index (Phi) is 5.82. The molecule has 0 fully saturated rings. The largest absolute Gasteiger partial charge is 0.343 e. The molecule has 118 valence electrons. The number of amides is 2. The van der Waals surface area contributed by atoms with E-state index in [4.69, 9.17) is 11.6 Å². The summed E-state index contributed by atoms with van der Waals surface area (Å²) in [6.45, 7) is -0.220. The van der Waals surface area contributed by atoms with Gasteiger partial charge in [0.1, 0.15) is 5.82 Å². The Bertz CT molecular complexity index is 715. The Morgan fingerprint density at radius 3 is 2.39 bits per heavy atom. The van der Waals surface area contributed by atoms with Crippen molar-refractivity contribution in [1.82, 2.24) is 10.7 Å². The average molecular weight is 334 g/mol. The van der Waals surface area contributed by atoms with Crippen LogP contribution in [0.25, 0.3) is 0 Å². The normalized spacial score (nSPS) is 10.5. The minimum atomic E-state index is -0.481. The van der Waals surface area contributed by atoms with E-state index in [0.717, 1.165) is 0 Å². The minimum absolute atomic E-state index is 0.220. The van der Waals surface area contributed by atoms with Gasteiger partial charge in [0.2, 0.25) is 0 Å². The van der Waals surface area contributed by atoms with E-state index < -0.39 is 5.91 Å². The first-order valence-corrected chi connectivity index (χ1v) is 7.03. The molecule has 0 atom stereocenters. The first kappa shape index (κ1) is 16.6. The number of halogens is 2. The summed E-state index contributed by atoms with van der Waals surface area (Å²) in [5.74, 6) is -1.22. The highest BCUT2D eigenvalue weighted by Crippen LogP contribution is 2.09. The van der Waals surface area contributed by atoms with Crippen LogP contribution in [0.15, 0.2) is 53.6 Å². The lowest BCUT2D eigenvalue weighted by atomic mass is 10.2. The highest BCUT2D eigenvalue weighted by Gasteiger charge is 2.07. The summed E-state index contributed by atoms with van der Waals surface area (Å²) in [6.07, 6.45) is 1.37. The quantitative estimate of drug-likeness (QED) is 0.651. The summed E-state index contributed by atoms with van der Waals surface area (Å²) >= 11 is 5.73. The van der Waals surface area contributed by atoms with Crippen molar-refractivity contribution in [2.75, 3.05) is 6.54 Å². The number of hydrazone groups is 1. The van der Waals surface area contributed by atoms with Crippen molar-refractivity contribution in [2.24, 2.45) is 5.10 Å². The predicted octanol–water partition coefficient (Wildman–Crippen LogP) is 2.36. The number of carbonyl (C=O) groups is 2. The van der Waals surface area contributed by atoms with Gasteiger partial charge in [-0.2, -0.15) is 5.10 Å². The van der Waals surface area contributed by atoms with Gasteiger partial charge in [-0.15, -0.1) is 0 Å². The zero-order chi connectivity index (χ0) is 16.7. The van der Waals surface area contributed by atoms with Crippen molar-refractivity contribution < 1.29 is 14.0 Å². The van der Waals surface area contributed by atoms with Crippen LogP contribution >= 0.6 is 11.6 Å². The fourth-order valence-corrected chi connectivity index (χ4v) is 1.76. The van der Waals surface area contributed by atoms with E-state index in [1.54, 1.807) is 24.3 Å². The Labute approximate surface area is 137 Å². The Hall–Kier alpha value is -2.73. The van der Waals surface area contributed by atoms with E-state index in [9.17, 15) is 14.0 Å². The second kappa shape index (κ2) is 8.05. The summed E-state index contributed by atoms with van der Waals surface area (Å²) < 4.78 is 12.7. The van der Waals surface area contributed by atoms with Gasteiger partial charge in [0.25, 0.3) is 11.8 Å². The van der Waals surface area contributed by atoms with Crippen molar-refractivity contribution in [1.29, 1.82) is 0 Å². The van der Waals surface area contributed by atoms with Gasteiger partial charge in [-0.3, -0.25) is 9.59 Å². The van der Waals surface area contributed by atoms with Gasteiger partial charge in [-0.1, -0.05) is 23.7 Å². The molecule has 2 amide bonds. The lowest BCUT2D eigenvalue weighted by Gasteiger charge is -2.04. The van der Waals surface area contributed by atoms with E-state index in [2.05, 4.69) is 15.8 Å². The van der Waals surface area contributed by atoms with Crippen LogP contribution in [0.4, 0.5) is 4.39 Å². The van der Waals surface area contributed by atoms with Crippen LogP contribution in [0.1, 0.15) is 15.9 Å². The molecule has 0 aromatic heterocycles. The highest BCUT2D eigenvalue weighted by atomic mass is 35.5. The third-order valence-corrected chi connectivity index (χ3v) is 3.04. The number of rotatable bonds is 5. The predicted molar refractivity (Wildman–Crippen MR) is 85.9 cm³/mol. The van der Waals surface area contributed by atoms with Crippen LogP contribution < -0.4 is 10.7 Å². The van der Waals surface area contributed by atoms with Crippen molar-refractivity contribution in [3.63, 3.8) is 0 Å². The smallest absolute Gasteiger partial charge is 0.259 e. The van der Waals surface area contributed by atoms with E-state index >= 15 is 0 Å². The summed E-state index contributed by atoms with van der Waals surface area (Å²) in [5.41, 5.74) is 3.30. The van der Waals surface area contributed by atoms with E-state index in [0.29, 0.717) is 16.1 Å². The zero-order valence-electron chi connectivity index (χ0n) is 11.9. The number of nitrogens with one attached hydrogen (secondary N) is 2. The van der Waals surface area contributed by atoms with Gasteiger partial charge in [-0.25, -0.2) is 9.82 Å². The Morgan fingerprint density at radius 1 is 1.09 bits per heavy atom. The molecule has 2 aromatic rings. The maximum absolute atomic E-state index is 12.7. The SMILES string of the molecule is O=C(CNC(=O)c1ccc(Cl)cc1)N/N=C\c1ccc(F)cc1. The average Bonchev–Trinajstić information content (AvgIpc) is 2.55. The van der Waals surface area contributed by atoms with Gasteiger partial charge >= 0.3 is 0 Å². The van der Waals surface area contributed by atoms with Crippen LogP contribution in [0.2, 0.25) is 5.02 Å². The van der Waals surface area contributed by atoms with Gasteiger partial charge in [0, 0.05) is 10.6 Å². The molecular weight excluding hydrogens is 321 g/mol. The summed E-state index contributed by atoms with van der Waals surface area (Å²) in [7, 11) is 0. The molecule has 0 unspecified atom stereocenters. The summed E-state index contributed by atoms with van der Waals surface area (Å²) in [5, 5.41) is 6.70. The molecule has 2 aromatic carbocycles. The molecule has 0 bridgehead atoms. The Balaban J connectivity index is 1.77. The van der Waals surface area contributed by atoms with Crippen LogP contribution in [-0.2, 0) is 4.79 Å². The van der Waals surface area contributed by atoms with Crippen molar-refractivity contribution in [3.05, 3.63) is 70.5 Å². The molecule has 2 rings (SSSR count). The summed E-state index contributed by atoms with van der Waals surface area (Å²) in [6, 6.07) is 11.9. The van der Waals surface area contributed by atoms with Gasteiger partial charge in [0.15, 0.2) is 0 Å². The van der Waals surface area contributed by atoms with Crippen LogP contribution in [0.3, 0.4) is 0 Å². The molecule has 7 heteroatoms. The van der Waals surface area contributed by atoms with Crippen molar-refractivity contribution >= 4 is 29.6 Å². The molecule has 0 radical (unpaired) electrons. The lowest BCUT2D eigenvalue weighted by Crippen LogP contribution is -2.34. The molecule has 0 saturated carbocycles. The van der Waals surface area contributed by atoms with Crippen molar-refractivity contribution in [2.45, 2.75) is 0 Å². The number of carbonyl (C=O) groups excluding carboxylic acids is 2. The van der Waals surface area contributed by atoms with Crippen LogP contribution in [0.5, 0.6) is 0 Å². The molecule has 2 N–H and O–H groups in total. The van der Waals surface area contributed by atoms with E-state index in [1.165, 1.54) is 30.5 Å². The molecule has 0 aliphatic rings. The fraction of sp³-hybridized carbons (Fsp3) is 0.0625. The lowest BCUT2D eigenvalue weighted by molar-refractivity contribution is -0.120. The molecule has 0 spiro atoms. The third kappa shape index (κ3) is 5.52. The molecule has 0 aliphatic heterocycles. The molecule has 5 nitrogen and oxygen atoms in total. The number of benzene rings is 2. The molecule has 0 heterocycles. The van der Waals surface area contributed by atoms with Gasteiger partial charge in [-0.05, 0) is 42.0 Å². The van der Waals surface area contributed by atoms with Gasteiger partial charge in [0.05, 0.1) is 12.8 Å². The molecule has 0 aliphatic carbocycles. The highest BCUT2D eigenvalue weighted by molar-refractivity contribution is 6.30. The first-order valence-electron chi connectivity index (χ1n) is 6.66.